The average molecular weight is 216 g/mol. The van der Waals surface area contributed by atoms with E-state index in [4.69, 9.17) is 5.26 Å². The molecular weight excluding hydrogens is 196 g/mol. The van der Waals surface area contributed by atoms with Gasteiger partial charge in [0.1, 0.15) is 5.54 Å². The molecule has 1 N–H and O–H groups in total. The molecule has 2 heteroatoms. The summed E-state index contributed by atoms with van der Waals surface area (Å²) >= 11 is 0. The number of rotatable bonds is 5. The minimum atomic E-state index is -0.434. The third-order valence-corrected chi connectivity index (χ3v) is 2.60. The summed E-state index contributed by atoms with van der Waals surface area (Å²) in [7, 11) is 0. The van der Waals surface area contributed by atoms with Gasteiger partial charge in [0.15, 0.2) is 0 Å². The summed E-state index contributed by atoms with van der Waals surface area (Å²) in [4.78, 5) is 0. The van der Waals surface area contributed by atoms with Crippen molar-refractivity contribution in [2.75, 3.05) is 0 Å². The largest absolute Gasteiger partial charge is 0.297 e. The molecule has 0 aliphatic heterocycles. The van der Waals surface area contributed by atoms with E-state index in [0.717, 1.165) is 12.8 Å². The zero-order valence-electron chi connectivity index (χ0n) is 10.3. The van der Waals surface area contributed by atoms with Crippen molar-refractivity contribution in [3.63, 3.8) is 0 Å². The minimum absolute atomic E-state index is 0.356. The molecule has 0 heterocycles. The van der Waals surface area contributed by atoms with E-state index in [1.807, 2.05) is 19.9 Å². The van der Waals surface area contributed by atoms with Crippen LogP contribution in [0.3, 0.4) is 0 Å². The van der Waals surface area contributed by atoms with Crippen LogP contribution in [0.5, 0.6) is 0 Å². The Morgan fingerprint density at radius 3 is 2.50 bits per heavy atom. The van der Waals surface area contributed by atoms with E-state index >= 15 is 0 Å². The highest BCUT2D eigenvalue weighted by Crippen LogP contribution is 2.08. The van der Waals surface area contributed by atoms with Crippen molar-refractivity contribution >= 4 is 0 Å². The maximum atomic E-state index is 8.92. The Bertz CT molecular complexity index is 349. The summed E-state index contributed by atoms with van der Waals surface area (Å²) in [5.41, 5.74) is 0.918. The molecule has 1 unspecified atom stereocenters. The second-order valence-electron chi connectivity index (χ2n) is 4.81. The predicted molar refractivity (Wildman–Crippen MR) is 67.1 cm³/mol. The van der Waals surface area contributed by atoms with Crippen molar-refractivity contribution in [1.82, 2.24) is 5.32 Å². The van der Waals surface area contributed by atoms with Crippen molar-refractivity contribution in [2.45, 2.75) is 45.2 Å². The lowest BCUT2D eigenvalue weighted by Gasteiger charge is -2.23. The number of nitrogens with zero attached hydrogens (tertiary/aromatic N) is 1. The Labute approximate surface area is 98.3 Å². The second-order valence-corrected chi connectivity index (χ2v) is 4.81. The Kier molecular flexibility index (Phi) is 4.52. The standard InChI is InChI=1S/C14H20N2/c1-12(16-14(2,3)11-15)9-10-13-7-5-4-6-8-13/h4-8,12,16H,9-10H2,1-3H3. The maximum Gasteiger partial charge on any atom is 0.101 e. The third kappa shape index (κ3) is 4.46. The van der Waals surface area contributed by atoms with Gasteiger partial charge in [-0.1, -0.05) is 30.3 Å². The number of benzene rings is 1. The average Bonchev–Trinajstić information content (AvgIpc) is 2.27. The number of aryl methyl sites for hydroxylation is 1. The van der Waals surface area contributed by atoms with E-state index in [9.17, 15) is 0 Å². The lowest BCUT2D eigenvalue weighted by atomic mass is 10.0. The van der Waals surface area contributed by atoms with Crippen LogP contribution in [-0.4, -0.2) is 11.6 Å². The molecule has 1 atom stereocenters. The van der Waals surface area contributed by atoms with Crippen molar-refractivity contribution in [3.05, 3.63) is 35.9 Å². The van der Waals surface area contributed by atoms with Gasteiger partial charge in [0, 0.05) is 6.04 Å². The summed E-state index contributed by atoms with van der Waals surface area (Å²) in [5, 5.41) is 12.2. The fourth-order valence-electron chi connectivity index (χ4n) is 1.75. The number of hydrogen-bond donors (Lipinski definition) is 1. The SMILES string of the molecule is CC(CCc1ccccc1)NC(C)(C)C#N. The Balaban J connectivity index is 2.37. The first kappa shape index (κ1) is 12.7. The van der Waals surface area contributed by atoms with E-state index in [1.54, 1.807) is 0 Å². The van der Waals surface area contributed by atoms with Gasteiger partial charge in [-0.15, -0.1) is 0 Å². The number of hydrogen-bond acceptors (Lipinski definition) is 2. The molecule has 1 rings (SSSR count). The van der Waals surface area contributed by atoms with Gasteiger partial charge in [-0.2, -0.15) is 5.26 Å². The highest BCUT2D eigenvalue weighted by Gasteiger charge is 2.18. The molecule has 0 fully saturated rings. The topological polar surface area (TPSA) is 35.8 Å². The van der Waals surface area contributed by atoms with Crippen molar-refractivity contribution in [2.24, 2.45) is 0 Å². The zero-order valence-corrected chi connectivity index (χ0v) is 10.3. The zero-order chi connectivity index (χ0) is 12.0. The molecule has 86 valence electrons. The number of nitriles is 1. The Morgan fingerprint density at radius 1 is 1.31 bits per heavy atom. The first-order chi connectivity index (χ1) is 7.53. The monoisotopic (exact) mass is 216 g/mol. The van der Waals surface area contributed by atoms with Crippen LogP contribution < -0.4 is 5.32 Å². The van der Waals surface area contributed by atoms with Gasteiger partial charge in [0.25, 0.3) is 0 Å². The first-order valence-corrected chi connectivity index (χ1v) is 5.76. The third-order valence-electron chi connectivity index (χ3n) is 2.60. The van der Waals surface area contributed by atoms with Crippen molar-refractivity contribution < 1.29 is 0 Å². The molecule has 0 aliphatic carbocycles. The molecule has 0 saturated carbocycles. The molecule has 1 aromatic rings. The van der Waals surface area contributed by atoms with E-state index in [-0.39, 0.29) is 0 Å². The lowest BCUT2D eigenvalue weighted by Crippen LogP contribution is -2.43. The highest BCUT2D eigenvalue weighted by molar-refractivity contribution is 5.14. The molecule has 16 heavy (non-hydrogen) atoms. The van der Waals surface area contributed by atoms with Crippen LogP contribution in [0.2, 0.25) is 0 Å². The second kappa shape index (κ2) is 5.67. The summed E-state index contributed by atoms with van der Waals surface area (Å²) in [6.07, 6.45) is 2.10. The van der Waals surface area contributed by atoms with Crippen LogP contribution in [-0.2, 0) is 6.42 Å². The fraction of sp³-hybridized carbons (Fsp3) is 0.500. The summed E-state index contributed by atoms with van der Waals surface area (Å²) in [6.45, 7) is 5.94. The molecule has 0 spiro atoms. The van der Waals surface area contributed by atoms with Crippen LogP contribution in [0.25, 0.3) is 0 Å². The normalized spacial score (nSPS) is 13.1. The predicted octanol–water partition coefficient (Wildman–Crippen LogP) is 2.90. The first-order valence-electron chi connectivity index (χ1n) is 5.76. The van der Waals surface area contributed by atoms with Gasteiger partial charge >= 0.3 is 0 Å². The van der Waals surface area contributed by atoms with Crippen LogP contribution in [0.4, 0.5) is 0 Å². The smallest absolute Gasteiger partial charge is 0.101 e. The molecule has 0 amide bonds. The molecule has 1 aromatic carbocycles. The quantitative estimate of drug-likeness (QED) is 0.821. The van der Waals surface area contributed by atoms with E-state index in [2.05, 4.69) is 42.6 Å². The lowest BCUT2D eigenvalue weighted by molar-refractivity contribution is 0.402. The van der Waals surface area contributed by atoms with Crippen LogP contribution >= 0.6 is 0 Å². The summed E-state index contributed by atoms with van der Waals surface area (Å²) < 4.78 is 0. The van der Waals surface area contributed by atoms with Crippen LogP contribution in [0.1, 0.15) is 32.8 Å². The minimum Gasteiger partial charge on any atom is -0.297 e. The van der Waals surface area contributed by atoms with Gasteiger partial charge < -0.3 is 0 Å². The van der Waals surface area contributed by atoms with Crippen molar-refractivity contribution in [1.29, 1.82) is 5.26 Å². The molecule has 0 aliphatic rings. The van der Waals surface area contributed by atoms with Gasteiger partial charge in [-0.3, -0.25) is 5.32 Å². The molecule has 0 radical (unpaired) electrons. The fourth-order valence-corrected chi connectivity index (χ4v) is 1.75. The van der Waals surface area contributed by atoms with Crippen molar-refractivity contribution in [3.8, 4) is 6.07 Å². The molecule has 0 saturated heterocycles. The Morgan fingerprint density at radius 2 is 1.94 bits per heavy atom. The van der Waals surface area contributed by atoms with Gasteiger partial charge in [0.2, 0.25) is 0 Å². The molecular formula is C14H20N2. The van der Waals surface area contributed by atoms with E-state index in [0.29, 0.717) is 6.04 Å². The van der Waals surface area contributed by atoms with Crippen LogP contribution in [0.15, 0.2) is 30.3 Å². The summed E-state index contributed by atoms with van der Waals surface area (Å²) in [6, 6.07) is 13.1. The van der Waals surface area contributed by atoms with E-state index < -0.39 is 5.54 Å². The number of nitrogens with one attached hydrogen (secondary N) is 1. The molecule has 0 bridgehead atoms. The van der Waals surface area contributed by atoms with E-state index in [1.165, 1.54) is 5.56 Å². The van der Waals surface area contributed by atoms with Gasteiger partial charge in [-0.05, 0) is 39.2 Å². The highest BCUT2D eigenvalue weighted by atomic mass is 15.0. The van der Waals surface area contributed by atoms with Gasteiger partial charge in [0.05, 0.1) is 6.07 Å². The summed E-state index contributed by atoms with van der Waals surface area (Å²) in [5.74, 6) is 0. The van der Waals surface area contributed by atoms with Crippen LogP contribution in [0, 0.1) is 11.3 Å². The maximum absolute atomic E-state index is 8.92. The molecule has 0 aromatic heterocycles. The molecule has 2 nitrogen and oxygen atoms in total. The van der Waals surface area contributed by atoms with Gasteiger partial charge in [-0.25, -0.2) is 0 Å². The Hall–Kier alpha value is -1.33.